The molecule has 0 aromatic heterocycles. The Hall–Kier alpha value is -1.38. The molecule has 1 aliphatic heterocycles. The monoisotopic (exact) mass is 262 g/mol. The van der Waals surface area contributed by atoms with E-state index in [1.807, 2.05) is 12.1 Å². The number of rotatable bonds is 4. The summed E-state index contributed by atoms with van der Waals surface area (Å²) in [5, 5.41) is 0. The standard InChI is InChI=1S/C16H26N2O/c1-3-12-19-15-8-4-7-14(16(15)17)18-10-5-6-13(2)9-11-18/h4,7-8,13H,3,5-6,9-12,17H2,1-2H3. The van der Waals surface area contributed by atoms with Gasteiger partial charge in [0.2, 0.25) is 0 Å². The number of hydrogen-bond donors (Lipinski definition) is 1. The minimum Gasteiger partial charge on any atom is -0.491 e. The Morgan fingerprint density at radius 1 is 1.32 bits per heavy atom. The second-order valence-electron chi connectivity index (χ2n) is 5.56. The number of hydrogen-bond acceptors (Lipinski definition) is 3. The van der Waals surface area contributed by atoms with Gasteiger partial charge in [0.25, 0.3) is 0 Å². The summed E-state index contributed by atoms with van der Waals surface area (Å²) in [7, 11) is 0. The summed E-state index contributed by atoms with van der Waals surface area (Å²) in [4.78, 5) is 2.41. The van der Waals surface area contributed by atoms with Crippen LogP contribution >= 0.6 is 0 Å². The Labute approximate surface area is 116 Å². The Bertz CT molecular complexity index is 406. The predicted molar refractivity (Wildman–Crippen MR) is 81.9 cm³/mol. The maximum Gasteiger partial charge on any atom is 0.144 e. The van der Waals surface area contributed by atoms with Gasteiger partial charge in [-0.3, -0.25) is 0 Å². The highest BCUT2D eigenvalue weighted by Gasteiger charge is 2.17. The summed E-state index contributed by atoms with van der Waals surface area (Å²) in [6, 6.07) is 6.13. The molecule has 1 unspecified atom stereocenters. The lowest BCUT2D eigenvalue weighted by Crippen LogP contribution is -2.25. The van der Waals surface area contributed by atoms with Gasteiger partial charge in [-0.25, -0.2) is 0 Å². The molecule has 1 atom stereocenters. The smallest absolute Gasteiger partial charge is 0.144 e. The highest BCUT2D eigenvalue weighted by atomic mass is 16.5. The zero-order valence-corrected chi connectivity index (χ0v) is 12.2. The van der Waals surface area contributed by atoms with E-state index in [0.29, 0.717) is 0 Å². The number of para-hydroxylation sites is 1. The first-order chi connectivity index (χ1) is 9.22. The molecule has 1 aliphatic rings. The third-order valence-corrected chi connectivity index (χ3v) is 3.86. The first kappa shape index (κ1) is 14.0. The molecular weight excluding hydrogens is 236 g/mol. The molecule has 3 nitrogen and oxygen atoms in total. The highest BCUT2D eigenvalue weighted by Crippen LogP contribution is 2.34. The molecule has 0 aliphatic carbocycles. The number of nitrogens with zero attached hydrogens (tertiary/aromatic N) is 1. The van der Waals surface area contributed by atoms with Crippen molar-refractivity contribution < 1.29 is 4.74 Å². The number of benzene rings is 1. The number of nitrogens with two attached hydrogens (primary N) is 1. The van der Waals surface area contributed by atoms with E-state index < -0.39 is 0 Å². The molecule has 19 heavy (non-hydrogen) atoms. The van der Waals surface area contributed by atoms with E-state index in [0.717, 1.165) is 49.2 Å². The molecule has 0 spiro atoms. The maximum atomic E-state index is 6.27. The fraction of sp³-hybridized carbons (Fsp3) is 0.625. The van der Waals surface area contributed by atoms with Gasteiger partial charge in [-0.1, -0.05) is 19.9 Å². The molecule has 2 rings (SSSR count). The lowest BCUT2D eigenvalue weighted by Gasteiger charge is -2.25. The van der Waals surface area contributed by atoms with Crippen molar-refractivity contribution in [1.29, 1.82) is 0 Å². The van der Waals surface area contributed by atoms with Crippen LogP contribution in [0.4, 0.5) is 11.4 Å². The summed E-state index contributed by atoms with van der Waals surface area (Å²) in [6.07, 6.45) is 4.83. The zero-order chi connectivity index (χ0) is 13.7. The number of nitrogen functional groups attached to an aromatic ring is 1. The van der Waals surface area contributed by atoms with Crippen LogP contribution in [0.5, 0.6) is 5.75 Å². The molecule has 1 aromatic carbocycles. The van der Waals surface area contributed by atoms with Crippen molar-refractivity contribution >= 4 is 11.4 Å². The minimum atomic E-state index is 0.727. The lowest BCUT2D eigenvalue weighted by molar-refractivity contribution is 0.319. The fourth-order valence-corrected chi connectivity index (χ4v) is 2.65. The molecular formula is C16H26N2O. The van der Waals surface area contributed by atoms with Crippen LogP contribution in [0.2, 0.25) is 0 Å². The molecule has 106 valence electrons. The van der Waals surface area contributed by atoms with E-state index in [2.05, 4.69) is 24.8 Å². The van der Waals surface area contributed by atoms with Gasteiger partial charge in [0.05, 0.1) is 18.0 Å². The van der Waals surface area contributed by atoms with Crippen molar-refractivity contribution in [3.63, 3.8) is 0 Å². The van der Waals surface area contributed by atoms with E-state index in [9.17, 15) is 0 Å². The van der Waals surface area contributed by atoms with E-state index in [-0.39, 0.29) is 0 Å². The van der Waals surface area contributed by atoms with Crippen LogP contribution in [-0.2, 0) is 0 Å². The largest absolute Gasteiger partial charge is 0.491 e. The van der Waals surface area contributed by atoms with Crippen LogP contribution in [0.3, 0.4) is 0 Å². The van der Waals surface area contributed by atoms with Crippen molar-refractivity contribution in [1.82, 2.24) is 0 Å². The molecule has 1 heterocycles. The van der Waals surface area contributed by atoms with Crippen molar-refractivity contribution in [3.05, 3.63) is 18.2 Å². The number of ether oxygens (including phenoxy) is 1. The van der Waals surface area contributed by atoms with Gasteiger partial charge >= 0.3 is 0 Å². The second-order valence-corrected chi connectivity index (χ2v) is 5.56. The van der Waals surface area contributed by atoms with Crippen LogP contribution in [0.15, 0.2) is 18.2 Å². The average molecular weight is 262 g/mol. The summed E-state index contributed by atoms with van der Waals surface area (Å²) in [5.74, 6) is 1.65. The molecule has 2 N–H and O–H groups in total. The van der Waals surface area contributed by atoms with Crippen LogP contribution in [0.25, 0.3) is 0 Å². The summed E-state index contributed by atoms with van der Waals surface area (Å²) in [6.45, 7) is 7.38. The summed E-state index contributed by atoms with van der Waals surface area (Å²) >= 11 is 0. The van der Waals surface area contributed by atoms with Gasteiger partial charge in [0.15, 0.2) is 0 Å². The molecule has 0 amide bonds. The van der Waals surface area contributed by atoms with Crippen molar-refractivity contribution in [2.24, 2.45) is 5.92 Å². The van der Waals surface area contributed by atoms with Crippen LogP contribution in [0, 0.1) is 5.92 Å². The summed E-state index contributed by atoms with van der Waals surface area (Å²) in [5.41, 5.74) is 8.21. The Morgan fingerprint density at radius 3 is 2.95 bits per heavy atom. The molecule has 3 heteroatoms. The van der Waals surface area contributed by atoms with Gasteiger partial charge in [0.1, 0.15) is 5.75 Å². The van der Waals surface area contributed by atoms with Crippen LogP contribution in [0.1, 0.15) is 39.5 Å². The zero-order valence-electron chi connectivity index (χ0n) is 12.2. The minimum absolute atomic E-state index is 0.727. The topological polar surface area (TPSA) is 38.5 Å². The Kier molecular flexibility index (Phi) is 4.94. The third kappa shape index (κ3) is 3.55. The van der Waals surface area contributed by atoms with Crippen molar-refractivity contribution in [3.8, 4) is 5.75 Å². The SMILES string of the molecule is CCCOc1cccc(N2CCCC(C)CC2)c1N. The lowest BCUT2D eigenvalue weighted by atomic mass is 10.0. The number of anilines is 2. The fourth-order valence-electron chi connectivity index (χ4n) is 2.65. The van der Waals surface area contributed by atoms with E-state index in [1.54, 1.807) is 0 Å². The van der Waals surface area contributed by atoms with Gasteiger partial charge in [-0.15, -0.1) is 0 Å². The second kappa shape index (κ2) is 6.69. The van der Waals surface area contributed by atoms with Gasteiger partial charge in [-0.05, 0) is 43.7 Å². The maximum absolute atomic E-state index is 6.27. The molecule has 1 fully saturated rings. The first-order valence-electron chi connectivity index (χ1n) is 7.48. The van der Waals surface area contributed by atoms with E-state index in [1.165, 1.54) is 19.3 Å². The van der Waals surface area contributed by atoms with Gasteiger partial charge in [-0.2, -0.15) is 0 Å². The summed E-state index contributed by atoms with van der Waals surface area (Å²) < 4.78 is 5.72. The Balaban J connectivity index is 2.14. The van der Waals surface area contributed by atoms with Crippen LogP contribution in [-0.4, -0.2) is 19.7 Å². The molecule has 0 radical (unpaired) electrons. The highest BCUT2D eigenvalue weighted by molar-refractivity contribution is 5.74. The molecule has 0 saturated carbocycles. The predicted octanol–water partition coefficient (Wildman–Crippen LogP) is 3.68. The average Bonchev–Trinajstić information content (AvgIpc) is 2.62. The van der Waals surface area contributed by atoms with Crippen LogP contribution < -0.4 is 15.4 Å². The van der Waals surface area contributed by atoms with Gasteiger partial charge in [0, 0.05) is 13.1 Å². The Morgan fingerprint density at radius 2 is 2.16 bits per heavy atom. The third-order valence-electron chi connectivity index (χ3n) is 3.86. The first-order valence-corrected chi connectivity index (χ1v) is 7.48. The van der Waals surface area contributed by atoms with Crippen molar-refractivity contribution in [2.45, 2.75) is 39.5 Å². The van der Waals surface area contributed by atoms with Crippen molar-refractivity contribution in [2.75, 3.05) is 30.3 Å². The van der Waals surface area contributed by atoms with Gasteiger partial charge < -0.3 is 15.4 Å². The molecule has 1 aromatic rings. The molecule has 1 saturated heterocycles. The molecule has 0 bridgehead atoms. The quantitative estimate of drug-likeness (QED) is 0.841. The van der Waals surface area contributed by atoms with E-state index in [4.69, 9.17) is 10.5 Å². The van der Waals surface area contributed by atoms with E-state index >= 15 is 0 Å². The normalized spacial score (nSPS) is 20.1.